The van der Waals surface area contributed by atoms with Gasteiger partial charge in [0.15, 0.2) is 0 Å². The van der Waals surface area contributed by atoms with Crippen molar-refractivity contribution < 1.29 is 0 Å². The molecule has 0 saturated heterocycles. The lowest BCUT2D eigenvalue weighted by atomic mass is 9.87. The summed E-state index contributed by atoms with van der Waals surface area (Å²) < 4.78 is 0. The summed E-state index contributed by atoms with van der Waals surface area (Å²) in [7, 11) is 6.06. The van der Waals surface area contributed by atoms with Crippen LogP contribution in [0.25, 0.3) is 11.1 Å². The minimum atomic E-state index is 0.0931. The van der Waals surface area contributed by atoms with Gasteiger partial charge >= 0.3 is 0 Å². The molecule has 0 aliphatic heterocycles. The zero-order chi connectivity index (χ0) is 34.1. The SMILES string of the molecule is [B]c1ccc(N(c2ccc(-c3ccc(N(c4ccc(C)cc4)c4ccc(C(C)(C)C)cc4)cc3)cc2)c2ccc(C(C)(C)C)cc2)cc1. The highest BCUT2D eigenvalue weighted by Gasteiger charge is 2.18. The molecule has 0 unspecified atom stereocenters. The van der Waals surface area contributed by atoms with Crippen molar-refractivity contribution in [2.75, 3.05) is 9.80 Å². The molecule has 0 spiro atoms. The van der Waals surface area contributed by atoms with E-state index in [2.05, 4.69) is 192 Å². The van der Waals surface area contributed by atoms with E-state index in [4.69, 9.17) is 7.85 Å². The topological polar surface area (TPSA) is 6.48 Å². The molecular formula is C45H45BN2. The highest BCUT2D eigenvalue weighted by atomic mass is 15.1. The number of rotatable bonds is 7. The zero-order valence-electron chi connectivity index (χ0n) is 29.3. The van der Waals surface area contributed by atoms with Crippen LogP contribution in [0.1, 0.15) is 58.2 Å². The molecular weight excluding hydrogens is 579 g/mol. The third-order valence-electron chi connectivity index (χ3n) is 9.01. The van der Waals surface area contributed by atoms with E-state index < -0.39 is 0 Å². The first-order valence-corrected chi connectivity index (χ1v) is 16.8. The van der Waals surface area contributed by atoms with Crippen LogP contribution in [0.3, 0.4) is 0 Å². The Bertz CT molecular complexity index is 1790. The molecule has 0 N–H and O–H groups in total. The Morgan fingerprint density at radius 1 is 0.354 bits per heavy atom. The van der Waals surface area contributed by atoms with E-state index in [1.165, 1.54) is 27.8 Å². The van der Waals surface area contributed by atoms with Crippen LogP contribution in [0.15, 0.2) is 146 Å². The maximum Gasteiger partial charge on any atom is 0.113 e. The minimum Gasteiger partial charge on any atom is -0.311 e. The van der Waals surface area contributed by atoms with Crippen LogP contribution in [0.4, 0.5) is 34.1 Å². The minimum absolute atomic E-state index is 0.0931. The van der Waals surface area contributed by atoms with Gasteiger partial charge in [-0.3, -0.25) is 0 Å². The lowest BCUT2D eigenvalue weighted by molar-refractivity contribution is 0.590. The summed E-state index contributed by atoms with van der Waals surface area (Å²) in [6, 6.07) is 52.4. The largest absolute Gasteiger partial charge is 0.311 e. The Hall–Kier alpha value is -5.02. The molecule has 3 heteroatoms. The molecule has 238 valence electrons. The van der Waals surface area contributed by atoms with Crippen molar-refractivity contribution in [3.8, 4) is 11.1 Å². The van der Waals surface area contributed by atoms with Crippen molar-refractivity contribution in [3.05, 3.63) is 162 Å². The van der Waals surface area contributed by atoms with Gasteiger partial charge in [-0.2, -0.15) is 0 Å². The third kappa shape index (κ3) is 7.26. The lowest BCUT2D eigenvalue weighted by Crippen LogP contribution is -2.13. The van der Waals surface area contributed by atoms with E-state index in [0.29, 0.717) is 0 Å². The van der Waals surface area contributed by atoms with Crippen LogP contribution in [0, 0.1) is 6.92 Å². The molecule has 6 aromatic carbocycles. The van der Waals surface area contributed by atoms with Gasteiger partial charge in [-0.1, -0.05) is 125 Å². The molecule has 6 rings (SSSR count). The predicted molar refractivity (Wildman–Crippen MR) is 209 cm³/mol. The van der Waals surface area contributed by atoms with Crippen molar-refractivity contribution in [3.63, 3.8) is 0 Å². The Kier molecular flexibility index (Phi) is 9.08. The Labute approximate surface area is 289 Å². The molecule has 2 nitrogen and oxygen atoms in total. The van der Waals surface area contributed by atoms with Gasteiger partial charge in [-0.15, -0.1) is 0 Å². The van der Waals surface area contributed by atoms with Gasteiger partial charge in [0.05, 0.1) is 0 Å². The average Bonchev–Trinajstić information content (AvgIpc) is 3.07. The van der Waals surface area contributed by atoms with E-state index >= 15 is 0 Å². The summed E-state index contributed by atoms with van der Waals surface area (Å²) in [6.45, 7) is 15.6. The second-order valence-electron chi connectivity index (χ2n) is 14.8. The maximum absolute atomic E-state index is 6.06. The summed E-state index contributed by atoms with van der Waals surface area (Å²) >= 11 is 0. The van der Waals surface area contributed by atoms with E-state index in [1.807, 2.05) is 12.1 Å². The first-order valence-electron chi connectivity index (χ1n) is 16.8. The molecule has 0 aliphatic carbocycles. The standard InChI is InChI=1S/C45H45BN2/c1-32-8-20-38(21-9-32)47(41-26-14-35(15-27-41)44(2,3)4)39-22-10-33(11-23-39)34-12-24-40(25-13-34)48(43-30-18-37(46)19-31-43)42-28-16-36(17-29-42)45(5,6)7/h8-31H,1-7H3. The molecule has 6 aromatic rings. The molecule has 0 heterocycles. The summed E-state index contributed by atoms with van der Waals surface area (Å²) in [6.07, 6.45) is 0. The van der Waals surface area contributed by atoms with E-state index in [9.17, 15) is 0 Å². The van der Waals surface area contributed by atoms with Gasteiger partial charge in [0, 0.05) is 34.1 Å². The fourth-order valence-corrected chi connectivity index (χ4v) is 6.04. The highest BCUT2D eigenvalue weighted by Crippen LogP contribution is 2.39. The summed E-state index contributed by atoms with van der Waals surface area (Å²) in [5.74, 6) is 0. The molecule has 0 aliphatic rings. The molecule has 48 heavy (non-hydrogen) atoms. The summed E-state index contributed by atoms with van der Waals surface area (Å²) in [5, 5.41) is 0. The molecule has 0 aromatic heterocycles. The normalized spacial score (nSPS) is 11.7. The smallest absolute Gasteiger partial charge is 0.113 e. The third-order valence-corrected chi connectivity index (χ3v) is 9.01. The molecule has 0 amide bonds. The van der Waals surface area contributed by atoms with Crippen LogP contribution >= 0.6 is 0 Å². The maximum atomic E-state index is 6.06. The fraction of sp³-hybridized carbons (Fsp3) is 0.200. The van der Waals surface area contributed by atoms with E-state index in [1.54, 1.807) is 0 Å². The quantitative estimate of drug-likeness (QED) is 0.163. The van der Waals surface area contributed by atoms with E-state index in [0.717, 1.165) is 39.6 Å². The Morgan fingerprint density at radius 3 is 0.896 bits per heavy atom. The van der Waals surface area contributed by atoms with Gasteiger partial charge in [0.25, 0.3) is 0 Å². The molecule has 0 saturated carbocycles. The predicted octanol–water partition coefficient (Wildman–Crippen LogP) is 12.0. The number of nitrogens with zero attached hydrogens (tertiary/aromatic N) is 2. The summed E-state index contributed by atoms with van der Waals surface area (Å²) in [5.41, 5.74) is 13.8. The second kappa shape index (κ2) is 13.2. The first-order chi connectivity index (χ1) is 22.9. The first kappa shape index (κ1) is 32.9. The molecule has 2 radical (unpaired) electrons. The number of aryl methyl sites for hydroxylation is 1. The fourth-order valence-electron chi connectivity index (χ4n) is 6.04. The Morgan fingerprint density at radius 2 is 0.604 bits per heavy atom. The number of benzene rings is 6. The molecule has 0 atom stereocenters. The van der Waals surface area contributed by atoms with Crippen LogP contribution in [0.2, 0.25) is 0 Å². The molecule has 0 bridgehead atoms. The lowest BCUT2D eigenvalue weighted by Gasteiger charge is -2.27. The van der Waals surface area contributed by atoms with Crippen LogP contribution < -0.4 is 15.3 Å². The number of hydrogen-bond donors (Lipinski definition) is 0. The number of hydrogen-bond acceptors (Lipinski definition) is 2. The van der Waals surface area contributed by atoms with Crippen molar-refractivity contribution in [2.45, 2.75) is 59.3 Å². The van der Waals surface area contributed by atoms with Crippen LogP contribution in [-0.2, 0) is 10.8 Å². The van der Waals surface area contributed by atoms with Crippen molar-refractivity contribution >= 4 is 47.4 Å². The van der Waals surface area contributed by atoms with Crippen molar-refractivity contribution in [2.24, 2.45) is 0 Å². The van der Waals surface area contributed by atoms with Crippen LogP contribution in [0.5, 0.6) is 0 Å². The van der Waals surface area contributed by atoms with Crippen molar-refractivity contribution in [1.29, 1.82) is 0 Å². The monoisotopic (exact) mass is 624 g/mol. The van der Waals surface area contributed by atoms with Gasteiger partial charge in [-0.25, -0.2) is 0 Å². The van der Waals surface area contributed by atoms with Crippen LogP contribution in [-0.4, -0.2) is 7.85 Å². The number of anilines is 6. The Balaban J connectivity index is 1.31. The molecule has 0 fully saturated rings. The van der Waals surface area contributed by atoms with Gasteiger partial charge < -0.3 is 9.80 Å². The highest BCUT2D eigenvalue weighted by molar-refractivity contribution is 6.32. The van der Waals surface area contributed by atoms with E-state index in [-0.39, 0.29) is 10.8 Å². The van der Waals surface area contributed by atoms with Gasteiger partial charge in [-0.05, 0) is 113 Å². The average molecular weight is 625 g/mol. The van der Waals surface area contributed by atoms with Gasteiger partial charge in [0.1, 0.15) is 7.85 Å². The van der Waals surface area contributed by atoms with Gasteiger partial charge in [0.2, 0.25) is 0 Å². The van der Waals surface area contributed by atoms with Crippen molar-refractivity contribution in [1.82, 2.24) is 0 Å². The second-order valence-corrected chi connectivity index (χ2v) is 14.8. The summed E-state index contributed by atoms with van der Waals surface area (Å²) in [4.78, 5) is 4.61. The zero-order valence-corrected chi connectivity index (χ0v) is 29.3.